The fraction of sp³-hybridized carbons (Fsp3) is 0.733. The third-order valence-corrected chi connectivity index (χ3v) is 3.60. The van der Waals surface area contributed by atoms with E-state index < -0.39 is 5.97 Å². The average Bonchev–Trinajstić information content (AvgIpc) is 2.80. The second kappa shape index (κ2) is 6.88. The van der Waals surface area contributed by atoms with E-state index in [1.807, 2.05) is 13.8 Å². The smallest absolute Gasteiger partial charge is 0.376 e. The van der Waals surface area contributed by atoms with Crippen molar-refractivity contribution in [3.63, 3.8) is 0 Å². The molecule has 0 N–H and O–H groups in total. The normalized spacial score (nSPS) is 21.6. The van der Waals surface area contributed by atoms with E-state index in [-0.39, 0.29) is 5.76 Å². The van der Waals surface area contributed by atoms with Gasteiger partial charge in [-0.1, -0.05) is 6.92 Å². The van der Waals surface area contributed by atoms with Crippen LogP contribution in [0, 0.1) is 5.92 Å². The SMILES string of the molecule is CCOC(=O)c1oc(CC2CC(OCC)C2)nc1CC. The summed E-state index contributed by atoms with van der Waals surface area (Å²) in [5.41, 5.74) is 0.694. The number of hydrogen-bond acceptors (Lipinski definition) is 5. The van der Waals surface area contributed by atoms with Crippen LogP contribution in [0.15, 0.2) is 4.42 Å². The number of nitrogens with zero attached hydrogens (tertiary/aromatic N) is 1. The van der Waals surface area contributed by atoms with Crippen molar-refractivity contribution in [1.29, 1.82) is 0 Å². The van der Waals surface area contributed by atoms with Gasteiger partial charge in [-0.05, 0) is 39.0 Å². The predicted molar refractivity (Wildman–Crippen MR) is 73.7 cm³/mol. The van der Waals surface area contributed by atoms with E-state index in [2.05, 4.69) is 4.98 Å². The van der Waals surface area contributed by atoms with Crippen LogP contribution in [0.4, 0.5) is 0 Å². The Morgan fingerprint density at radius 3 is 2.65 bits per heavy atom. The van der Waals surface area contributed by atoms with Crippen molar-refractivity contribution in [3.05, 3.63) is 17.3 Å². The molecule has 112 valence electrons. The lowest BCUT2D eigenvalue weighted by Crippen LogP contribution is -2.32. The molecule has 0 aromatic carbocycles. The van der Waals surface area contributed by atoms with Gasteiger partial charge < -0.3 is 13.9 Å². The van der Waals surface area contributed by atoms with Gasteiger partial charge in [-0.2, -0.15) is 0 Å². The largest absolute Gasteiger partial charge is 0.460 e. The van der Waals surface area contributed by atoms with Crippen LogP contribution in [0.5, 0.6) is 0 Å². The van der Waals surface area contributed by atoms with Crippen LogP contribution < -0.4 is 0 Å². The summed E-state index contributed by atoms with van der Waals surface area (Å²) in [6, 6.07) is 0. The number of rotatable bonds is 7. The molecule has 0 radical (unpaired) electrons. The monoisotopic (exact) mass is 281 g/mol. The Bertz CT molecular complexity index is 449. The van der Waals surface area contributed by atoms with Gasteiger partial charge in [0.15, 0.2) is 5.89 Å². The zero-order valence-electron chi connectivity index (χ0n) is 12.5. The second-order valence-corrected chi connectivity index (χ2v) is 5.08. The van der Waals surface area contributed by atoms with Crippen LogP contribution in [-0.2, 0) is 22.3 Å². The molecule has 1 heterocycles. The molecule has 20 heavy (non-hydrogen) atoms. The summed E-state index contributed by atoms with van der Waals surface area (Å²) in [5.74, 6) is 1.05. The molecule has 0 spiro atoms. The van der Waals surface area contributed by atoms with Crippen LogP contribution in [0.3, 0.4) is 0 Å². The molecule has 0 aliphatic heterocycles. The Balaban J connectivity index is 1.94. The Kier molecular flexibility index (Phi) is 5.17. The summed E-state index contributed by atoms with van der Waals surface area (Å²) in [6.45, 7) is 6.86. The van der Waals surface area contributed by atoms with Crippen molar-refractivity contribution < 1.29 is 18.7 Å². The van der Waals surface area contributed by atoms with Crippen LogP contribution >= 0.6 is 0 Å². The molecule has 1 aliphatic carbocycles. The number of hydrogen-bond donors (Lipinski definition) is 0. The maximum Gasteiger partial charge on any atom is 0.376 e. The van der Waals surface area contributed by atoms with E-state index in [1.165, 1.54) is 0 Å². The van der Waals surface area contributed by atoms with Gasteiger partial charge in [0, 0.05) is 13.0 Å². The van der Waals surface area contributed by atoms with Gasteiger partial charge in [0.05, 0.1) is 18.4 Å². The maximum atomic E-state index is 11.8. The summed E-state index contributed by atoms with van der Waals surface area (Å²) < 4.78 is 16.1. The minimum absolute atomic E-state index is 0.269. The summed E-state index contributed by atoms with van der Waals surface area (Å²) in [6.07, 6.45) is 3.92. The average molecular weight is 281 g/mol. The third-order valence-electron chi connectivity index (χ3n) is 3.60. The van der Waals surface area contributed by atoms with Crippen LogP contribution in [0.1, 0.15) is 55.8 Å². The quantitative estimate of drug-likeness (QED) is 0.719. The first-order chi connectivity index (χ1) is 9.67. The number of carbonyl (C=O) groups excluding carboxylic acids is 1. The number of ether oxygens (including phenoxy) is 2. The molecular formula is C15H23NO4. The van der Waals surface area contributed by atoms with Crippen molar-refractivity contribution in [2.45, 2.75) is 52.6 Å². The van der Waals surface area contributed by atoms with Gasteiger partial charge in [0.25, 0.3) is 0 Å². The zero-order chi connectivity index (χ0) is 14.5. The number of aromatic nitrogens is 1. The standard InChI is InChI=1S/C15H23NO4/c1-4-12-14(15(17)19-6-3)20-13(16-12)9-10-7-11(8-10)18-5-2/h10-11H,4-9H2,1-3H3. The van der Waals surface area contributed by atoms with Crippen LogP contribution in [0.2, 0.25) is 0 Å². The van der Waals surface area contributed by atoms with E-state index in [1.54, 1.807) is 6.92 Å². The topological polar surface area (TPSA) is 61.6 Å². The predicted octanol–water partition coefficient (Wildman–Crippen LogP) is 2.77. The Hall–Kier alpha value is -1.36. The van der Waals surface area contributed by atoms with Crippen molar-refractivity contribution in [1.82, 2.24) is 4.98 Å². The van der Waals surface area contributed by atoms with E-state index in [0.717, 1.165) is 25.9 Å². The van der Waals surface area contributed by atoms with E-state index in [4.69, 9.17) is 13.9 Å². The lowest BCUT2D eigenvalue weighted by Gasteiger charge is -2.34. The molecule has 1 saturated carbocycles. The maximum absolute atomic E-state index is 11.8. The van der Waals surface area contributed by atoms with Crippen molar-refractivity contribution in [2.75, 3.05) is 13.2 Å². The van der Waals surface area contributed by atoms with Crippen LogP contribution in [0.25, 0.3) is 0 Å². The molecule has 1 aromatic heterocycles. The molecule has 5 heteroatoms. The Morgan fingerprint density at radius 1 is 1.30 bits per heavy atom. The van der Waals surface area contributed by atoms with Gasteiger partial charge in [-0.3, -0.25) is 0 Å². The Labute approximate surface area is 119 Å². The molecule has 1 aliphatic rings. The number of carbonyl (C=O) groups is 1. The molecule has 2 rings (SSSR count). The molecule has 1 aromatic rings. The molecule has 5 nitrogen and oxygen atoms in total. The van der Waals surface area contributed by atoms with E-state index in [0.29, 0.717) is 36.6 Å². The van der Waals surface area contributed by atoms with Gasteiger partial charge >= 0.3 is 5.97 Å². The third kappa shape index (κ3) is 3.39. The summed E-state index contributed by atoms with van der Waals surface area (Å²) in [5, 5.41) is 0. The minimum Gasteiger partial charge on any atom is -0.460 e. The van der Waals surface area contributed by atoms with Gasteiger partial charge in [-0.25, -0.2) is 9.78 Å². The lowest BCUT2D eigenvalue weighted by molar-refractivity contribution is -0.0256. The van der Waals surface area contributed by atoms with Gasteiger partial charge in [-0.15, -0.1) is 0 Å². The van der Waals surface area contributed by atoms with E-state index in [9.17, 15) is 4.79 Å². The summed E-state index contributed by atoms with van der Waals surface area (Å²) >= 11 is 0. The molecule has 1 fully saturated rings. The first-order valence-corrected chi connectivity index (χ1v) is 7.45. The zero-order valence-corrected chi connectivity index (χ0v) is 12.5. The van der Waals surface area contributed by atoms with Gasteiger partial charge in [0.1, 0.15) is 0 Å². The summed E-state index contributed by atoms with van der Waals surface area (Å²) in [4.78, 5) is 16.2. The fourth-order valence-corrected chi connectivity index (χ4v) is 2.54. The van der Waals surface area contributed by atoms with Crippen LogP contribution in [-0.4, -0.2) is 30.3 Å². The highest BCUT2D eigenvalue weighted by molar-refractivity contribution is 5.87. The highest BCUT2D eigenvalue weighted by Gasteiger charge is 2.31. The highest BCUT2D eigenvalue weighted by atomic mass is 16.5. The molecule has 0 amide bonds. The number of esters is 1. The fourth-order valence-electron chi connectivity index (χ4n) is 2.54. The highest BCUT2D eigenvalue weighted by Crippen LogP contribution is 2.33. The second-order valence-electron chi connectivity index (χ2n) is 5.08. The molecular weight excluding hydrogens is 258 g/mol. The molecule has 0 unspecified atom stereocenters. The van der Waals surface area contributed by atoms with Gasteiger partial charge in [0.2, 0.25) is 5.76 Å². The first kappa shape index (κ1) is 15.0. The molecule has 0 atom stereocenters. The van der Waals surface area contributed by atoms with E-state index >= 15 is 0 Å². The lowest BCUT2D eigenvalue weighted by atomic mass is 9.80. The number of aryl methyl sites for hydroxylation is 1. The van der Waals surface area contributed by atoms with Crippen molar-refractivity contribution in [3.8, 4) is 0 Å². The number of oxazole rings is 1. The molecule has 0 saturated heterocycles. The van der Waals surface area contributed by atoms with Crippen molar-refractivity contribution in [2.24, 2.45) is 5.92 Å². The first-order valence-electron chi connectivity index (χ1n) is 7.45. The van der Waals surface area contributed by atoms with Crippen molar-refractivity contribution >= 4 is 5.97 Å². The Morgan fingerprint density at radius 2 is 2.05 bits per heavy atom. The summed E-state index contributed by atoms with van der Waals surface area (Å²) in [7, 11) is 0. The molecule has 0 bridgehead atoms. The minimum atomic E-state index is -0.413.